The maximum Gasteiger partial charge on any atom is 0.333 e. The summed E-state index contributed by atoms with van der Waals surface area (Å²) in [7, 11) is 0. The molecular weight excluding hydrogens is 426 g/mol. The quantitative estimate of drug-likeness (QED) is 0.266. The second-order valence-corrected chi connectivity index (χ2v) is 6.49. The fourth-order valence-electron chi connectivity index (χ4n) is 2.91. The SMILES string of the molecule is C=CC(=O)OC(CO)Oc1nc(-c2ccccc2OCC)nc(-c2ccccc2OCC)n1. The van der Waals surface area contributed by atoms with E-state index < -0.39 is 18.9 Å². The highest BCUT2D eigenvalue weighted by molar-refractivity contribution is 5.81. The molecule has 0 radical (unpaired) electrons. The van der Waals surface area contributed by atoms with Gasteiger partial charge in [0.15, 0.2) is 11.6 Å². The van der Waals surface area contributed by atoms with Gasteiger partial charge in [0.25, 0.3) is 6.29 Å². The molecule has 1 aromatic heterocycles. The van der Waals surface area contributed by atoms with E-state index in [4.69, 9.17) is 18.9 Å². The zero-order chi connectivity index (χ0) is 23.6. The predicted octanol–water partition coefficient (Wildman–Crippen LogP) is 3.43. The summed E-state index contributed by atoms with van der Waals surface area (Å²) in [5.41, 5.74) is 1.23. The van der Waals surface area contributed by atoms with Crippen molar-refractivity contribution in [2.75, 3.05) is 19.8 Å². The highest BCUT2D eigenvalue weighted by atomic mass is 16.7. The number of nitrogens with zero attached hydrogens (tertiary/aromatic N) is 3. The monoisotopic (exact) mass is 451 g/mol. The summed E-state index contributed by atoms with van der Waals surface area (Å²) in [6.45, 7) is 7.39. The first-order chi connectivity index (χ1) is 16.1. The third kappa shape index (κ3) is 6.05. The number of carbonyl (C=O) groups is 1. The predicted molar refractivity (Wildman–Crippen MR) is 121 cm³/mol. The number of hydrogen-bond donors (Lipinski definition) is 1. The molecular formula is C24H25N3O6. The van der Waals surface area contributed by atoms with Crippen LogP contribution in [0.5, 0.6) is 17.5 Å². The molecule has 3 aromatic rings. The van der Waals surface area contributed by atoms with Crippen LogP contribution in [0.25, 0.3) is 22.8 Å². The van der Waals surface area contributed by atoms with Crippen LogP contribution in [-0.2, 0) is 9.53 Å². The lowest BCUT2D eigenvalue weighted by atomic mass is 10.1. The van der Waals surface area contributed by atoms with Crippen LogP contribution in [0, 0.1) is 0 Å². The van der Waals surface area contributed by atoms with Crippen molar-refractivity contribution in [3.8, 4) is 40.3 Å². The van der Waals surface area contributed by atoms with E-state index in [1.54, 1.807) is 12.1 Å². The molecule has 9 heteroatoms. The number of carbonyl (C=O) groups excluding carboxylic acids is 1. The number of rotatable bonds is 11. The standard InChI is InChI=1S/C24H25N3O6/c1-4-20(29)32-21(15-28)33-24-26-22(16-11-7-9-13-18(16)30-5-2)25-23(27-24)17-12-8-10-14-19(17)31-6-3/h4,7-14,21,28H,1,5-6,15H2,2-3H3. The van der Waals surface area contributed by atoms with E-state index in [2.05, 4.69) is 21.5 Å². The second kappa shape index (κ2) is 11.6. The van der Waals surface area contributed by atoms with Crippen LogP contribution in [0.3, 0.4) is 0 Å². The molecule has 3 rings (SSSR count). The highest BCUT2D eigenvalue weighted by Gasteiger charge is 2.20. The Labute approximate surface area is 191 Å². The number of benzene rings is 2. The maximum absolute atomic E-state index is 11.6. The normalized spacial score (nSPS) is 11.4. The van der Waals surface area contributed by atoms with Gasteiger partial charge in [0.05, 0.1) is 24.3 Å². The van der Waals surface area contributed by atoms with Gasteiger partial charge in [-0.15, -0.1) is 0 Å². The molecule has 0 saturated carbocycles. The average Bonchev–Trinajstić information content (AvgIpc) is 2.84. The van der Waals surface area contributed by atoms with Crippen molar-refractivity contribution in [2.45, 2.75) is 20.1 Å². The smallest absolute Gasteiger partial charge is 0.333 e. The third-order valence-corrected chi connectivity index (χ3v) is 4.27. The van der Waals surface area contributed by atoms with Gasteiger partial charge in [0, 0.05) is 6.08 Å². The van der Waals surface area contributed by atoms with Crippen molar-refractivity contribution < 1.29 is 28.8 Å². The minimum Gasteiger partial charge on any atom is -0.493 e. The Hall–Kier alpha value is -3.98. The fourth-order valence-corrected chi connectivity index (χ4v) is 2.91. The van der Waals surface area contributed by atoms with E-state index in [9.17, 15) is 9.90 Å². The molecule has 0 amide bonds. The molecule has 1 N–H and O–H groups in total. The lowest BCUT2D eigenvalue weighted by Crippen LogP contribution is -2.28. The molecule has 0 aliphatic carbocycles. The van der Waals surface area contributed by atoms with Crippen LogP contribution >= 0.6 is 0 Å². The van der Waals surface area contributed by atoms with Crippen molar-refractivity contribution in [1.29, 1.82) is 0 Å². The summed E-state index contributed by atoms with van der Waals surface area (Å²) < 4.78 is 22.0. The first kappa shape index (κ1) is 23.7. The number of aliphatic hydroxyl groups excluding tert-OH is 1. The summed E-state index contributed by atoms with van der Waals surface area (Å²) in [6, 6.07) is 14.4. The Morgan fingerprint density at radius 1 is 0.939 bits per heavy atom. The average molecular weight is 451 g/mol. The van der Waals surface area contributed by atoms with E-state index >= 15 is 0 Å². The molecule has 0 aliphatic heterocycles. The van der Waals surface area contributed by atoms with Gasteiger partial charge in [-0.1, -0.05) is 30.8 Å². The molecule has 2 aromatic carbocycles. The largest absolute Gasteiger partial charge is 0.493 e. The summed E-state index contributed by atoms with van der Waals surface area (Å²) in [5.74, 6) is 0.956. The zero-order valence-corrected chi connectivity index (χ0v) is 18.4. The molecule has 1 heterocycles. The summed E-state index contributed by atoms with van der Waals surface area (Å²) >= 11 is 0. The summed E-state index contributed by atoms with van der Waals surface area (Å²) in [6.07, 6.45) is -0.365. The van der Waals surface area contributed by atoms with E-state index in [0.717, 1.165) is 6.08 Å². The van der Waals surface area contributed by atoms with E-state index in [1.807, 2.05) is 50.2 Å². The minimum absolute atomic E-state index is 0.150. The Morgan fingerprint density at radius 3 is 1.91 bits per heavy atom. The topological polar surface area (TPSA) is 113 Å². The molecule has 0 saturated heterocycles. The third-order valence-electron chi connectivity index (χ3n) is 4.27. The molecule has 33 heavy (non-hydrogen) atoms. The first-order valence-corrected chi connectivity index (χ1v) is 10.4. The highest BCUT2D eigenvalue weighted by Crippen LogP contribution is 2.32. The molecule has 0 fully saturated rings. The van der Waals surface area contributed by atoms with Gasteiger partial charge < -0.3 is 24.1 Å². The number of ether oxygens (including phenoxy) is 4. The van der Waals surface area contributed by atoms with Crippen LogP contribution in [0.2, 0.25) is 0 Å². The van der Waals surface area contributed by atoms with Gasteiger partial charge in [-0.2, -0.15) is 9.97 Å². The van der Waals surface area contributed by atoms with Crippen molar-refractivity contribution in [3.63, 3.8) is 0 Å². The lowest BCUT2D eigenvalue weighted by Gasteiger charge is -2.17. The Bertz CT molecular complexity index is 1040. The Balaban J connectivity index is 2.12. The number of aliphatic hydroxyl groups is 1. The summed E-state index contributed by atoms with van der Waals surface area (Å²) in [5, 5.41) is 9.58. The van der Waals surface area contributed by atoms with Gasteiger partial charge in [-0.25, -0.2) is 9.78 Å². The van der Waals surface area contributed by atoms with Crippen LogP contribution in [0.15, 0.2) is 61.2 Å². The molecule has 1 atom stereocenters. The fraction of sp³-hybridized carbons (Fsp3) is 0.250. The zero-order valence-electron chi connectivity index (χ0n) is 18.4. The molecule has 0 spiro atoms. The minimum atomic E-state index is -1.33. The van der Waals surface area contributed by atoms with Crippen LogP contribution in [-0.4, -0.2) is 52.1 Å². The number of hydrogen-bond acceptors (Lipinski definition) is 9. The Morgan fingerprint density at radius 2 is 1.45 bits per heavy atom. The van der Waals surface area contributed by atoms with Gasteiger partial charge in [-0.05, 0) is 38.1 Å². The Kier molecular flexibility index (Phi) is 8.31. The number of para-hydroxylation sites is 2. The molecule has 9 nitrogen and oxygen atoms in total. The van der Waals surface area contributed by atoms with E-state index in [0.29, 0.717) is 35.8 Å². The maximum atomic E-state index is 11.6. The van der Waals surface area contributed by atoms with Crippen molar-refractivity contribution in [2.24, 2.45) is 0 Å². The number of aromatic nitrogens is 3. The van der Waals surface area contributed by atoms with Crippen LogP contribution in [0.4, 0.5) is 0 Å². The number of esters is 1. The second-order valence-electron chi connectivity index (χ2n) is 6.49. The molecule has 172 valence electrons. The van der Waals surface area contributed by atoms with Gasteiger partial charge >= 0.3 is 12.0 Å². The molecule has 0 bridgehead atoms. The van der Waals surface area contributed by atoms with Crippen molar-refractivity contribution in [1.82, 2.24) is 15.0 Å². The van der Waals surface area contributed by atoms with E-state index in [1.165, 1.54) is 0 Å². The van der Waals surface area contributed by atoms with Crippen LogP contribution in [0.1, 0.15) is 13.8 Å². The molecule has 1 unspecified atom stereocenters. The van der Waals surface area contributed by atoms with Crippen molar-refractivity contribution >= 4 is 5.97 Å². The van der Waals surface area contributed by atoms with E-state index in [-0.39, 0.29) is 17.7 Å². The van der Waals surface area contributed by atoms with Crippen molar-refractivity contribution in [3.05, 3.63) is 61.2 Å². The van der Waals surface area contributed by atoms with Crippen LogP contribution < -0.4 is 14.2 Å². The first-order valence-electron chi connectivity index (χ1n) is 10.4. The van der Waals surface area contributed by atoms with Gasteiger partial charge in [0.1, 0.15) is 18.1 Å². The molecule has 0 aliphatic rings. The van der Waals surface area contributed by atoms with Gasteiger partial charge in [0.2, 0.25) is 0 Å². The van der Waals surface area contributed by atoms with Gasteiger partial charge in [-0.3, -0.25) is 0 Å². The summed E-state index contributed by atoms with van der Waals surface area (Å²) in [4.78, 5) is 24.9. The lowest BCUT2D eigenvalue weighted by molar-refractivity contribution is -0.163.